The fourth-order valence-corrected chi connectivity index (χ4v) is 4.24. The average molecular weight is 553 g/mol. The molecule has 3 aromatic carbocycles. The van der Waals surface area contributed by atoms with Gasteiger partial charge in [0.05, 0.1) is 5.69 Å². The molecule has 1 heterocycles. The summed E-state index contributed by atoms with van der Waals surface area (Å²) in [6.07, 6.45) is 1.07. The molecule has 1 fully saturated rings. The summed E-state index contributed by atoms with van der Waals surface area (Å²) in [5, 5.41) is 14.7. The fourth-order valence-electron chi connectivity index (χ4n) is 4.24. The molecule has 0 aliphatic carbocycles. The van der Waals surface area contributed by atoms with E-state index in [0.29, 0.717) is 11.1 Å². The molecule has 0 spiro atoms. The molecular weight excluding hydrogens is 520 g/mol. The Kier molecular flexibility index (Phi) is 10.3. The quantitative estimate of drug-likeness (QED) is 0.376. The number of amides is 2. The van der Waals surface area contributed by atoms with Crippen LogP contribution in [0.1, 0.15) is 32.7 Å². The molecule has 2 amide bonds. The number of hydrogen-bond donors (Lipinski definition) is 3. The number of hydrogen-bond acceptors (Lipinski definition) is 6. The van der Waals surface area contributed by atoms with Crippen LogP contribution in [-0.2, 0) is 4.79 Å². The van der Waals surface area contributed by atoms with Gasteiger partial charge in [0, 0.05) is 36.4 Å². The largest absolute Gasteiger partial charge is 0.480 e. The second-order valence-electron chi connectivity index (χ2n) is 9.33. The van der Waals surface area contributed by atoms with Gasteiger partial charge in [-0.3, -0.25) is 9.59 Å². The van der Waals surface area contributed by atoms with Gasteiger partial charge in [-0.25, -0.2) is 4.79 Å². The van der Waals surface area contributed by atoms with Crippen LogP contribution in [-0.4, -0.2) is 67.6 Å². The zero-order chi connectivity index (χ0) is 27.1. The van der Waals surface area contributed by atoms with Gasteiger partial charge in [0.1, 0.15) is 11.4 Å². The molecule has 1 aliphatic rings. The third-order valence-corrected chi connectivity index (χ3v) is 6.39. The number of likely N-dealkylation sites (N-methyl/N-ethyl adjacent to an activating group) is 1. The van der Waals surface area contributed by atoms with Crippen molar-refractivity contribution < 1.29 is 24.2 Å². The number of carbonyl (C=O) groups excluding carboxylic acids is 2. The second-order valence-corrected chi connectivity index (χ2v) is 9.33. The van der Waals surface area contributed by atoms with Gasteiger partial charge < -0.3 is 30.3 Å². The summed E-state index contributed by atoms with van der Waals surface area (Å²) in [6.45, 7) is 5.24. The van der Waals surface area contributed by atoms with E-state index < -0.39 is 18.5 Å². The highest BCUT2D eigenvalue weighted by Crippen LogP contribution is 2.34. The molecule has 10 heteroatoms. The van der Waals surface area contributed by atoms with E-state index >= 15 is 0 Å². The van der Waals surface area contributed by atoms with Crippen LogP contribution >= 0.6 is 12.4 Å². The number of aryl methyl sites for hydroxylation is 1. The zero-order valence-corrected chi connectivity index (χ0v) is 22.8. The monoisotopic (exact) mass is 552 g/mol. The Morgan fingerprint density at radius 3 is 2.15 bits per heavy atom. The lowest BCUT2D eigenvalue weighted by Crippen LogP contribution is -2.28. The fraction of sp³-hybridized carbons (Fsp3) is 0.276. The number of benzene rings is 3. The van der Waals surface area contributed by atoms with Crippen molar-refractivity contribution in [3.63, 3.8) is 0 Å². The van der Waals surface area contributed by atoms with Crippen LogP contribution in [0.4, 0.5) is 17.1 Å². The molecule has 4 rings (SSSR count). The lowest BCUT2D eigenvalue weighted by molar-refractivity contribution is -0.139. The normalized spacial score (nSPS) is 13.5. The molecule has 206 valence electrons. The van der Waals surface area contributed by atoms with Gasteiger partial charge in [0.2, 0.25) is 0 Å². The van der Waals surface area contributed by atoms with Gasteiger partial charge in [0.15, 0.2) is 6.61 Å². The molecule has 0 radical (unpaired) electrons. The van der Waals surface area contributed by atoms with E-state index in [9.17, 15) is 14.4 Å². The number of rotatable bonds is 8. The first-order valence-electron chi connectivity index (χ1n) is 12.5. The number of carboxylic acid groups (broad SMARTS) is 1. The summed E-state index contributed by atoms with van der Waals surface area (Å²) in [6, 6.07) is 19.2. The summed E-state index contributed by atoms with van der Waals surface area (Å²) in [5.74, 6) is -1.81. The Labute approximate surface area is 234 Å². The maximum absolute atomic E-state index is 13.2. The number of nitrogens with one attached hydrogen (secondary N) is 2. The molecule has 0 bridgehead atoms. The van der Waals surface area contributed by atoms with E-state index in [0.717, 1.165) is 43.9 Å². The third kappa shape index (κ3) is 7.95. The maximum Gasteiger partial charge on any atom is 0.341 e. The first kappa shape index (κ1) is 29.5. The van der Waals surface area contributed by atoms with Crippen LogP contribution in [0.15, 0.2) is 66.7 Å². The summed E-state index contributed by atoms with van der Waals surface area (Å²) < 4.78 is 5.42. The number of anilines is 3. The minimum absolute atomic E-state index is 0. The van der Waals surface area contributed by atoms with Gasteiger partial charge in [0.25, 0.3) is 11.8 Å². The van der Waals surface area contributed by atoms with E-state index in [4.69, 9.17) is 9.84 Å². The van der Waals surface area contributed by atoms with Crippen molar-refractivity contribution >= 4 is 47.3 Å². The first-order valence-corrected chi connectivity index (χ1v) is 12.5. The van der Waals surface area contributed by atoms with Gasteiger partial charge in [-0.15, -0.1) is 12.4 Å². The van der Waals surface area contributed by atoms with Gasteiger partial charge in [-0.05, 0) is 75.5 Å². The Morgan fingerprint density at radius 2 is 1.49 bits per heavy atom. The van der Waals surface area contributed by atoms with Crippen molar-refractivity contribution in [3.8, 4) is 5.75 Å². The van der Waals surface area contributed by atoms with Crippen molar-refractivity contribution in [3.05, 3.63) is 83.4 Å². The summed E-state index contributed by atoms with van der Waals surface area (Å²) in [7, 11) is 2.12. The molecule has 0 saturated carbocycles. The standard InChI is InChI=1S/C29H32N4O5.ClH/c1-20-7-9-21(10-8-20)28(36)30-24-5-3-6-25(38-19-26(34)35)27(24)31-29(37)22-11-13-23(14-12-22)33-16-4-15-32(2)17-18-33;/h3,5-14H,4,15-19H2,1-2H3,(H,30,36)(H,31,37)(H,34,35);1H. The lowest BCUT2D eigenvalue weighted by Gasteiger charge is -2.23. The second kappa shape index (κ2) is 13.6. The highest BCUT2D eigenvalue weighted by atomic mass is 35.5. The van der Waals surface area contributed by atoms with Crippen LogP contribution < -0.4 is 20.3 Å². The predicted octanol–water partition coefficient (Wildman–Crippen LogP) is 4.53. The SMILES string of the molecule is Cc1ccc(C(=O)Nc2cccc(OCC(=O)O)c2NC(=O)c2ccc(N3CCCN(C)CC3)cc2)cc1.Cl. The Balaban J connectivity index is 0.00000420. The predicted molar refractivity (Wildman–Crippen MR) is 155 cm³/mol. The topological polar surface area (TPSA) is 111 Å². The molecule has 39 heavy (non-hydrogen) atoms. The van der Waals surface area contributed by atoms with Crippen LogP contribution in [0.5, 0.6) is 5.75 Å². The van der Waals surface area contributed by atoms with Crippen LogP contribution in [0.25, 0.3) is 0 Å². The molecule has 0 aromatic heterocycles. The minimum Gasteiger partial charge on any atom is -0.480 e. The molecule has 9 nitrogen and oxygen atoms in total. The zero-order valence-electron chi connectivity index (χ0n) is 22.0. The van der Waals surface area contributed by atoms with E-state index in [1.165, 1.54) is 0 Å². The minimum atomic E-state index is -1.16. The summed E-state index contributed by atoms with van der Waals surface area (Å²) in [4.78, 5) is 41.8. The third-order valence-electron chi connectivity index (χ3n) is 6.39. The van der Waals surface area contributed by atoms with Crippen molar-refractivity contribution in [1.29, 1.82) is 0 Å². The van der Waals surface area contributed by atoms with Crippen LogP contribution in [0.2, 0.25) is 0 Å². The Bertz CT molecular complexity index is 1300. The number of aliphatic carboxylic acids is 1. The lowest BCUT2D eigenvalue weighted by atomic mass is 10.1. The molecule has 3 N–H and O–H groups in total. The van der Waals surface area contributed by atoms with E-state index in [-0.39, 0.29) is 35.4 Å². The smallest absolute Gasteiger partial charge is 0.341 e. The molecular formula is C29H33ClN4O5. The number of carboxylic acids is 1. The maximum atomic E-state index is 13.2. The molecule has 0 unspecified atom stereocenters. The van der Waals surface area contributed by atoms with E-state index in [2.05, 4.69) is 27.5 Å². The van der Waals surface area contributed by atoms with Gasteiger partial charge >= 0.3 is 5.97 Å². The highest BCUT2D eigenvalue weighted by Gasteiger charge is 2.18. The Hall–Kier alpha value is -4.08. The number of halogens is 1. The molecule has 1 aliphatic heterocycles. The van der Waals surface area contributed by atoms with Crippen LogP contribution in [0.3, 0.4) is 0 Å². The van der Waals surface area contributed by atoms with Crippen molar-refractivity contribution in [2.45, 2.75) is 13.3 Å². The van der Waals surface area contributed by atoms with Gasteiger partial charge in [-0.1, -0.05) is 23.8 Å². The molecule has 1 saturated heterocycles. The number of ether oxygens (including phenoxy) is 1. The highest BCUT2D eigenvalue weighted by molar-refractivity contribution is 6.11. The first-order chi connectivity index (χ1) is 18.3. The van der Waals surface area contributed by atoms with Crippen molar-refractivity contribution in [2.75, 3.05) is 55.4 Å². The summed E-state index contributed by atoms with van der Waals surface area (Å²) >= 11 is 0. The van der Waals surface area contributed by atoms with Crippen LogP contribution in [0, 0.1) is 6.92 Å². The summed E-state index contributed by atoms with van der Waals surface area (Å²) in [5.41, 5.74) is 3.40. The van der Waals surface area contributed by atoms with E-state index in [1.54, 1.807) is 42.5 Å². The van der Waals surface area contributed by atoms with E-state index in [1.807, 2.05) is 31.2 Å². The Morgan fingerprint density at radius 1 is 0.846 bits per heavy atom. The average Bonchev–Trinajstić information content (AvgIpc) is 3.13. The number of para-hydroxylation sites is 1. The molecule has 3 aromatic rings. The number of carbonyl (C=O) groups is 3. The molecule has 0 atom stereocenters. The van der Waals surface area contributed by atoms with Crippen molar-refractivity contribution in [1.82, 2.24) is 4.90 Å². The van der Waals surface area contributed by atoms with Crippen molar-refractivity contribution in [2.24, 2.45) is 0 Å². The number of nitrogens with zero attached hydrogens (tertiary/aromatic N) is 2. The van der Waals surface area contributed by atoms with Gasteiger partial charge in [-0.2, -0.15) is 0 Å².